The van der Waals surface area contributed by atoms with Crippen LogP contribution in [0.5, 0.6) is 0 Å². The van der Waals surface area contributed by atoms with E-state index in [4.69, 9.17) is 8.94 Å². The van der Waals surface area contributed by atoms with Crippen LogP contribution in [0.2, 0.25) is 0 Å². The molecular weight excluding hydrogens is 313 g/mol. The highest BCUT2D eigenvalue weighted by Gasteiger charge is 2.12. The largest absolute Gasteiger partial charge is 0.419 e. The van der Waals surface area contributed by atoms with E-state index in [-0.39, 0.29) is 5.82 Å². The molecule has 0 aliphatic rings. The molecule has 2 aromatic carbocycles. The zero-order chi connectivity index (χ0) is 16.7. The number of hydrogen-bond acceptors (Lipinski definition) is 5. The Hall–Kier alpha value is -3.22. The monoisotopic (exact) mass is 325 g/mol. The Morgan fingerprint density at radius 3 is 2.75 bits per heavy atom. The van der Waals surface area contributed by atoms with Gasteiger partial charge in [0.15, 0.2) is 5.58 Å². The normalized spacial score (nSPS) is 11.2. The number of rotatable bonds is 3. The van der Waals surface area contributed by atoms with E-state index in [9.17, 15) is 9.18 Å². The number of benzene rings is 2. The summed E-state index contributed by atoms with van der Waals surface area (Å²) >= 11 is 0. The smallest absolute Gasteiger partial charge is 0.408 e. The van der Waals surface area contributed by atoms with Crippen LogP contribution in [0.1, 0.15) is 11.5 Å². The maximum atomic E-state index is 12.9. The Bertz CT molecular complexity index is 1080. The number of fused-ring (bicyclic) bond motifs is 1. The van der Waals surface area contributed by atoms with Crippen LogP contribution in [0.3, 0.4) is 0 Å². The Balaban J connectivity index is 1.64. The number of aromatic nitrogens is 3. The van der Waals surface area contributed by atoms with Crippen LogP contribution in [-0.4, -0.2) is 14.7 Å². The number of hydrogen-bond donors (Lipinski definition) is 0. The van der Waals surface area contributed by atoms with Crippen molar-refractivity contribution in [3.8, 4) is 11.4 Å². The lowest BCUT2D eigenvalue weighted by Gasteiger charge is -1.96. The van der Waals surface area contributed by atoms with Crippen LogP contribution >= 0.6 is 0 Å². The first kappa shape index (κ1) is 14.4. The molecule has 0 bridgehead atoms. The summed E-state index contributed by atoms with van der Waals surface area (Å²) in [6.45, 7) is 0. The molecule has 24 heavy (non-hydrogen) atoms. The van der Waals surface area contributed by atoms with Crippen LogP contribution in [0.15, 0.2) is 56.2 Å². The zero-order valence-electron chi connectivity index (χ0n) is 12.7. The van der Waals surface area contributed by atoms with Gasteiger partial charge < -0.3 is 8.94 Å². The maximum Gasteiger partial charge on any atom is 0.419 e. The van der Waals surface area contributed by atoms with Gasteiger partial charge in [0.05, 0.1) is 11.9 Å². The summed E-state index contributed by atoms with van der Waals surface area (Å²) in [6, 6.07) is 11.4. The second-order valence-corrected chi connectivity index (χ2v) is 5.42. The summed E-state index contributed by atoms with van der Waals surface area (Å²) in [5, 5.41) is 3.95. The number of halogens is 1. The van der Waals surface area contributed by atoms with Gasteiger partial charge >= 0.3 is 5.76 Å². The van der Waals surface area contributed by atoms with E-state index in [1.807, 2.05) is 0 Å². The first-order valence-corrected chi connectivity index (χ1v) is 7.27. The molecule has 0 saturated heterocycles. The van der Waals surface area contributed by atoms with Crippen LogP contribution in [0, 0.1) is 5.82 Å². The molecule has 6 nitrogen and oxygen atoms in total. The summed E-state index contributed by atoms with van der Waals surface area (Å²) in [5.74, 6) is 0.113. The molecule has 0 saturated carbocycles. The summed E-state index contributed by atoms with van der Waals surface area (Å²) < 4.78 is 24.8. The lowest BCUT2D eigenvalue weighted by Crippen LogP contribution is -2.08. The molecule has 0 radical (unpaired) electrons. The van der Waals surface area contributed by atoms with E-state index in [1.54, 1.807) is 37.4 Å². The van der Waals surface area contributed by atoms with E-state index in [0.717, 1.165) is 5.56 Å². The molecular formula is C17H12FN3O3. The third-order valence-electron chi connectivity index (χ3n) is 3.79. The van der Waals surface area contributed by atoms with Crippen molar-refractivity contribution >= 4 is 11.1 Å². The van der Waals surface area contributed by atoms with Gasteiger partial charge in [-0.3, -0.25) is 4.57 Å². The fraction of sp³-hybridized carbons (Fsp3) is 0.118. The summed E-state index contributed by atoms with van der Waals surface area (Å²) in [6.07, 6.45) is 0.413. The molecule has 0 unspecified atom stereocenters. The Morgan fingerprint density at radius 2 is 1.96 bits per heavy atom. The van der Waals surface area contributed by atoms with Crippen molar-refractivity contribution in [2.45, 2.75) is 6.42 Å². The third-order valence-corrected chi connectivity index (χ3v) is 3.79. The maximum absolute atomic E-state index is 12.9. The van der Waals surface area contributed by atoms with Crippen molar-refractivity contribution in [3.05, 3.63) is 70.3 Å². The topological polar surface area (TPSA) is 74.1 Å². The number of aryl methyl sites for hydroxylation is 1. The Morgan fingerprint density at radius 1 is 1.17 bits per heavy atom. The highest BCUT2D eigenvalue weighted by molar-refractivity contribution is 5.78. The zero-order valence-corrected chi connectivity index (χ0v) is 12.7. The molecule has 0 fully saturated rings. The first-order chi connectivity index (χ1) is 11.6. The molecule has 0 spiro atoms. The second kappa shape index (κ2) is 5.45. The summed E-state index contributed by atoms with van der Waals surface area (Å²) in [4.78, 5) is 15.9. The van der Waals surface area contributed by atoms with Gasteiger partial charge in [-0.25, -0.2) is 9.18 Å². The second-order valence-electron chi connectivity index (χ2n) is 5.42. The van der Waals surface area contributed by atoms with Crippen molar-refractivity contribution in [3.63, 3.8) is 0 Å². The minimum Gasteiger partial charge on any atom is -0.408 e. The molecule has 2 heterocycles. The first-order valence-electron chi connectivity index (χ1n) is 7.27. The van der Waals surface area contributed by atoms with E-state index < -0.39 is 5.76 Å². The Kier molecular flexibility index (Phi) is 3.26. The lowest BCUT2D eigenvalue weighted by atomic mass is 10.1. The Labute approximate surface area is 135 Å². The molecule has 120 valence electrons. The van der Waals surface area contributed by atoms with E-state index in [2.05, 4.69) is 10.1 Å². The number of nitrogens with zero attached hydrogens (tertiary/aromatic N) is 3. The predicted molar refractivity (Wildman–Crippen MR) is 84.0 cm³/mol. The quantitative estimate of drug-likeness (QED) is 0.579. The average molecular weight is 325 g/mol. The standard InChI is InChI=1S/C17H12FN3O3/c1-21-13-7-4-11(9-14(13)23-17(21)22)16-19-15(24-20-16)8-10-2-5-12(18)6-3-10/h2-7,9H,8H2,1H3. The summed E-state index contributed by atoms with van der Waals surface area (Å²) in [5.41, 5.74) is 2.71. The molecule has 7 heteroatoms. The van der Waals surface area contributed by atoms with Gasteiger partial charge in [0.1, 0.15) is 5.82 Å². The summed E-state index contributed by atoms with van der Waals surface area (Å²) in [7, 11) is 1.64. The van der Waals surface area contributed by atoms with Gasteiger partial charge in [-0.2, -0.15) is 4.98 Å². The van der Waals surface area contributed by atoms with Crippen molar-refractivity contribution in [1.82, 2.24) is 14.7 Å². The van der Waals surface area contributed by atoms with Gasteiger partial charge in [-0.1, -0.05) is 17.3 Å². The lowest BCUT2D eigenvalue weighted by molar-refractivity contribution is 0.385. The van der Waals surface area contributed by atoms with Gasteiger partial charge in [-0.05, 0) is 35.9 Å². The van der Waals surface area contributed by atoms with Crippen LogP contribution in [0.25, 0.3) is 22.5 Å². The van der Waals surface area contributed by atoms with Crippen LogP contribution in [-0.2, 0) is 13.5 Å². The molecule has 0 atom stereocenters. The van der Waals surface area contributed by atoms with Gasteiger partial charge in [-0.15, -0.1) is 0 Å². The SMILES string of the molecule is Cn1c(=O)oc2cc(-c3noc(Cc4ccc(F)cc4)n3)ccc21. The van der Waals surface area contributed by atoms with Crippen molar-refractivity contribution in [1.29, 1.82) is 0 Å². The van der Waals surface area contributed by atoms with Crippen molar-refractivity contribution < 1.29 is 13.3 Å². The minimum absolute atomic E-state index is 0.289. The molecule has 2 aromatic heterocycles. The number of oxazole rings is 1. The third kappa shape index (κ3) is 2.50. The predicted octanol–water partition coefficient (Wildman–Crippen LogP) is 2.91. The molecule has 0 aliphatic heterocycles. The van der Waals surface area contributed by atoms with Crippen LogP contribution < -0.4 is 5.76 Å². The average Bonchev–Trinajstić information content (AvgIpc) is 3.15. The minimum atomic E-state index is -0.424. The molecule has 0 N–H and O–H groups in total. The van der Waals surface area contributed by atoms with E-state index >= 15 is 0 Å². The fourth-order valence-electron chi connectivity index (χ4n) is 2.49. The van der Waals surface area contributed by atoms with Crippen molar-refractivity contribution in [2.24, 2.45) is 7.05 Å². The highest BCUT2D eigenvalue weighted by atomic mass is 19.1. The molecule has 4 rings (SSSR count). The fourth-order valence-corrected chi connectivity index (χ4v) is 2.49. The van der Waals surface area contributed by atoms with E-state index in [1.165, 1.54) is 16.7 Å². The molecule has 4 aromatic rings. The van der Waals surface area contributed by atoms with Gasteiger partial charge in [0.25, 0.3) is 0 Å². The molecule has 0 amide bonds. The van der Waals surface area contributed by atoms with Gasteiger partial charge in [0.2, 0.25) is 11.7 Å². The van der Waals surface area contributed by atoms with Crippen molar-refractivity contribution in [2.75, 3.05) is 0 Å². The van der Waals surface area contributed by atoms with Crippen LogP contribution in [0.4, 0.5) is 4.39 Å². The molecule has 0 aliphatic carbocycles. The van der Waals surface area contributed by atoms with E-state index in [0.29, 0.717) is 34.8 Å². The van der Waals surface area contributed by atoms with Gasteiger partial charge in [0, 0.05) is 12.6 Å². The highest BCUT2D eigenvalue weighted by Crippen LogP contribution is 2.22.